The van der Waals surface area contributed by atoms with Crippen molar-refractivity contribution in [3.63, 3.8) is 0 Å². The van der Waals surface area contributed by atoms with Crippen LogP contribution in [0.25, 0.3) is 0 Å². The molecule has 0 fully saturated rings. The van der Waals surface area contributed by atoms with Crippen LogP contribution in [0.15, 0.2) is 70.0 Å². The van der Waals surface area contributed by atoms with Gasteiger partial charge in [0.15, 0.2) is 5.17 Å². The van der Waals surface area contributed by atoms with Gasteiger partial charge in [-0.15, -0.1) is 0 Å². The number of ether oxygens (including phenoxy) is 2. The fourth-order valence-electron chi connectivity index (χ4n) is 4.77. The van der Waals surface area contributed by atoms with E-state index in [1.54, 1.807) is 25.3 Å². The molecule has 0 spiro atoms. The predicted molar refractivity (Wildman–Crippen MR) is 153 cm³/mol. The van der Waals surface area contributed by atoms with Crippen LogP contribution >= 0.6 is 11.8 Å². The summed E-state index contributed by atoms with van der Waals surface area (Å²) in [4.78, 5) is 39.8. The standard InChI is InChI=1S/C29H35N5O4S/c1-6-33(7-2)28(36)26-19(3)32-29-34(27(26)23-17-22(37-4)11-12-24(23)38-5)21(18-39-29)16-25(35)31-15-13-20-10-8-9-14-30-20/h8-12,14,17-18,27H,6-7,13,15-16H2,1-5H3,(H,31,35). The number of amidine groups is 1. The largest absolute Gasteiger partial charge is 0.497 e. The summed E-state index contributed by atoms with van der Waals surface area (Å²) in [6.45, 7) is 7.41. The molecule has 206 valence electrons. The molecule has 1 aromatic carbocycles. The monoisotopic (exact) mass is 549 g/mol. The first-order chi connectivity index (χ1) is 18.9. The molecule has 0 bridgehead atoms. The Kier molecular flexibility index (Phi) is 9.29. The maximum atomic E-state index is 13.9. The van der Waals surface area contributed by atoms with Crippen molar-refractivity contribution in [3.8, 4) is 11.5 Å². The average molecular weight is 550 g/mol. The Bertz CT molecular complexity index is 1300. The van der Waals surface area contributed by atoms with E-state index in [1.807, 2.05) is 67.5 Å². The number of nitrogens with zero attached hydrogens (tertiary/aromatic N) is 4. The predicted octanol–water partition coefficient (Wildman–Crippen LogP) is 4.29. The Balaban J connectivity index is 1.67. The zero-order chi connectivity index (χ0) is 27.9. The van der Waals surface area contributed by atoms with Gasteiger partial charge in [-0.05, 0) is 56.5 Å². The molecule has 2 aliphatic rings. The zero-order valence-corrected chi connectivity index (χ0v) is 23.9. The summed E-state index contributed by atoms with van der Waals surface area (Å²) in [6, 6.07) is 10.8. The second-order valence-electron chi connectivity index (χ2n) is 9.08. The molecule has 0 saturated heterocycles. The van der Waals surface area contributed by atoms with E-state index >= 15 is 0 Å². The molecule has 39 heavy (non-hydrogen) atoms. The van der Waals surface area contributed by atoms with Crippen molar-refractivity contribution in [3.05, 3.63) is 76.2 Å². The van der Waals surface area contributed by atoms with Crippen molar-refractivity contribution in [2.75, 3.05) is 33.9 Å². The van der Waals surface area contributed by atoms with E-state index in [9.17, 15) is 9.59 Å². The number of carbonyl (C=O) groups excluding carboxylic acids is 2. The minimum atomic E-state index is -0.543. The molecule has 2 aliphatic heterocycles. The highest BCUT2D eigenvalue weighted by Gasteiger charge is 2.42. The number of pyridine rings is 1. The van der Waals surface area contributed by atoms with Crippen LogP contribution in [0.2, 0.25) is 0 Å². The van der Waals surface area contributed by atoms with Crippen LogP contribution in [0.1, 0.15) is 44.5 Å². The lowest BCUT2D eigenvalue weighted by Gasteiger charge is -2.38. The number of amides is 2. The minimum Gasteiger partial charge on any atom is -0.497 e. The number of fused-ring (bicyclic) bond motifs is 1. The van der Waals surface area contributed by atoms with E-state index in [4.69, 9.17) is 14.5 Å². The molecule has 10 heteroatoms. The molecule has 1 aromatic heterocycles. The van der Waals surface area contributed by atoms with Crippen LogP contribution < -0.4 is 14.8 Å². The Morgan fingerprint density at radius 2 is 1.92 bits per heavy atom. The van der Waals surface area contributed by atoms with Gasteiger partial charge in [0.2, 0.25) is 5.91 Å². The topological polar surface area (TPSA) is 96.4 Å². The second kappa shape index (κ2) is 12.8. The van der Waals surface area contributed by atoms with Gasteiger partial charge >= 0.3 is 0 Å². The normalized spacial score (nSPS) is 16.3. The van der Waals surface area contributed by atoms with E-state index in [0.29, 0.717) is 48.8 Å². The first-order valence-electron chi connectivity index (χ1n) is 13.0. The number of thioether (sulfide) groups is 1. The maximum Gasteiger partial charge on any atom is 0.254 e. The number of hydrogen-bond donors (Lipinski definition) is 1. The lowest BCUT2D eigenvalue weighted by atomic mass is 9.91. The SMILES string of the molecule is CCN(CC)C(=O)C1=C(C)N=C2SC=C(CC(=O)NCCc3ccccn3)N2C1c1cc(OC)ccc1OC. The van der Waals surface area contributed by atoms with Gasteiger partial charge in [-0.1, -0.05) is 17.8 Å². The first kappa shape index (κ1) is 28.2. The summed E-state index contributed by atoms with van der Waals surface area (Å²) >= 11 is 1.45. The molecule has 1 atom stereocenters. The van der Waals surface area contributed by atoms with Gasteiger partial charge in [0.25, 0.3) is 5.91 Å². The third-order valence-corrected chi connectivity index (χ3v) is 7.67. The van der Waals surface area contributed by atoms with E-state index in [0.717, 1.165) is 22.1 Å². The third kappa shape index (κ3) is 6.11. The molecule has 1 unspecified atom stereocenters. The summed E-state index contributed by atoms with van der Waals surface area (Å²) in [7, 11) is 3.21. The third-order valence-electron chi connectivity index (χ3n) is 6.78. The van der Waals surface area contributed by atoms with Gasteiger partial charge in [0.05, 0.1) is 38.0 Å². The van der Waals surface area contributed by atoms with Crippen molar-refractivity contribution in [2.24, 2.45) is 4.99 Å². The van der Waals surface area contributed by atoms with Gasteiger partial charge < -0.3 is 24.6 Å². The summed E-state index contributed by atoms with van der Waals surface area (Å²) in [5.74, 6) is 1.06. The quantitative estimate of drug-likeness (QED) is 0.447. The maximum absolute atomic E-state index is 13.9. The highest BCUT2D eigenvalue weighted by molar-refractivity contribution is 8.16. The van der Waals surface area contributed by atoms with Crippen molar-refractivity contribution >= 4 is 28.7 Å². The van der Waals surface area contributed by atoms with Crippen LogP contribution in [0.5, 0.6) is 11.5 Å². The number of benzene rings is 1. The number of aliphatic imine (C=N–C) groups is 1. The summed E-state index contributed by atoms with van der Waals surface area (Å²) in [6.07, 6.45) is 2.53. The van der Waals surface area contributed by atoms with Crippen molar-refractivity contribution < 1.29 is 19.1 Å². The first-order valence-corrected chi connectivity index (χ1v) is 13.9. The van der Waals surface area contributed by atoms with Crippen LogP contribution in [0, 0.1) is 0 Å². The number of hydrogen-bond acceptors (Lipinski definition) is 8. The molecule has 0 radical (unpaired) electrons. The molecule has 0 saturated carbocycles. The zero-order valence-electron chi connectivity index (χ0n) is 23.1. The molecular formula is C29H35N5O4S. The number of rotatable bonds is 11. The van der Waals surface area contributed by atoms with E-state index in [1.165, 1.54) is 11.8 Å². The van der Waals surface area contributed by atoms with Gasteiger partial charge in [0.1, 0.15) is 11.5 Å². The van der Waals surface area contributed by atoms with Gasteiger partial charge in [0, 0.05) is 49.2 Å². The van der Waals surface area contributed by atoms with Crippen molar-refractivity contribution in [1.29, 1.82) is 0 Å². The molecular weight excluding hydrogens is 514 g/mol. The Hall–Kier alpha value is -3.79. The molecule has 3 heterocycles. The number of carbonyl (C=O) groups is 2. The number of methoxy groups -OCH3 is 2. The molecule has 9 nitrogen and oxygen atoms in total. The van der Waals surface area contributed by atoms with Gasteiger partial charge in [-0.2, -0.15) is 0 Å². The average Bonchev–Trinajstić information content (AvgIpc) is 3.34. The Labute approximate surface area is 234 Å². The lowest BCUT2D eigenvalue weighted by Crippen LogP contribution is -2.42. The smallest absolute Gasteiger partial charge is 0.254 e. The van der Waals surface area contributed by atoms with E-state index in [2.05, 4.69) is 10.3 Å². The Morgan fingerprint density at radius 1 is 1.13 bits per heavy atom. The van der Waals surface area contributed by atoms with Gasteiger partial charge in [-0.25, -0.2) is 4.99 Å². The minimum absolute atomic E-state index is 0.0914. The summed E-state index contributed by atoms with van der Waals surface area (Å²) in [5, 5.41) is 5.66. The van der Waals surface area contributed by atoms with Crippen molar-refractivity contribution in [1.82, 2.24) is 20.1 Å². The number of likely N-dealkylation sites (N-methyl/N-ethyl adjacent to an activating group) is 1. The van der Waals surface area contributed by atoms with Gasteiger partial charge in [-0.3, -0.25) is 14.6 Å². The molecule has 0 aliphatic carbocycles. The molecule has 2 amide bonds. The second-order valence-corrected chi connectivity index (χ2v) is 9.91. The molecule has 2 aromatic rings. The highest BCUT2D eigenvalue weighted by Crippen LogP contribution is 2.47. The fraction of sp³-hybridized carbons (Fsp3) is 0.379. The highest BCUT2D eigenvalue weighted by atomic mass is 32.2. The van der Waals surface area contributed by atoms with Crippen LogP contribution in [-0.2, 0) is 16.0 Å². The summed E-state index contributed by atoms with van der Waals surface area (Å²) in [5.41, 5.74) is 3.65. The van der Waals surface area contributed by atoms with Crippen LogP contribution in [0.4, 0.5) is 0 Å². The van der Waals surface area contributed by atoms with Crippen molar-refractivity contribution in [2.45, 2.75) is 39.7 Å². The van der Waals surface area contributed by atoms with E-state index < -0.39 is 6.04 Å². The molecule has 4 rings (SSSR count). The fourth-order valence-corrected chi connectivity index (χ4v) is 5.74. The van der Waals surface area contributed by atoms with Crippen LogP contribution in [-0.4, -0.2) is 65.6 Å². The number of aromatic nitrogens is 1. The van der Waals surface area contributed by atoms with Crippen LogP contribution in [0.3, 0.4) is 0 Å². The Morgan fingerprint density at radius 3 is 2.59 bits per heavy atom. The lowest BCUT2D eigenvalue weighted by molar-refractivity contribution is -0.127. The number of nitrogens with one attached hydrogen (secondary N) is 1. The summed E-state index contributed by atoms with van der Waals surface area (Å²) < 4.78 is 11.3. The van der Waals surface area contributed by atoms with E-state index in [-0.39, 0.29) is 18.2 Å². The number of allylic oxidation sites excluding steroid dienone is 1. The molecule has 1 N–H and O–H groups in total.